The van der Waals surface area contributed by atoms with Gasteiger partial charge in [0.05, 0.1) is 11.4 Å². The van der Waals surface area contributed by atoms with Gasteiger partial charge in [-0.25, -0.2) is 0 Å². The van der Waals surface area contributed by atoms with E-state index in [0.717, 1.165) is 11.3 Å². The fourth-order valence-electron chi connectivity index (χ4n) is 1.41. The molecule has 3 nitrogen and oxygen atoms in total. The normalized spacial score (nSPS) is 10.1. The first-order valence-electron chi connectivity index (χ1n) is 5.05. The molecule has 0 radical (unpaired) electrons. The van der Waals surface area contributed by atoms with Gasteiger partial charge in [0.1, 0.15) is 11.5 Å². The Kier molecular flexibility index (Phi) is 2.68. The molecule has 0 atom stereocenters. The number of ether oxygens (including phenoxy) is 1. The quantitative estimate of drug-likeness (QED) is 0.755. The van der Waals surface area contributed by atoms with Crippen LogP contribution in [0.15, 0.2) is 42.5 Å². The van der Waals surface area contributed by atoms with Crippen LogP contribution in [0.3, 0.4) is 0 Å². The van der Waals surface area contributed by atoms with Crippen LogP contribution < -0.4 is 16.2 Å². The number of rotatable bonds is 2. The number of aryl methyl sites for hydroxylation is 1. The third-order valence-corrected chi connectivity index (χ3v) is 2.38. The number of hydrogen-bond donors (Lipinski definition) is 2. The van der Waals surface area contributed by atoms with Crippen molar-refractivity contribution in [3.05, 3.63) is 48.0 Å². The van der Waals surface area contributed by atoms with Crippen molar-refractivity contribution in [2.45, 2.75) is 6.92 Å². The van der Waals surface area contributed by atoms with Crippen LogP contribution in [0, 0.1) is 6.92 Å². The first-order valence-corrected chi connectivity index (χ1v) is 5.05. The predicted octanol–water partition coefficient (Wildman–Crippen LogP) is 2.95. The molecule has 4 N–H and O–H groups in total. The Morgan fingerprint density at radius 3 is 2.38 bits per heavy atom. The molecular formula is C13H14N2O. The fourth-order valence-corrected chi connectivity index (χ4v) is 1.41. The van der Waals surface area contributed by atoms with E-state index in [1.54, 1.807) is 18.2 Å². The van der Waals surface area contributed by atoms with Crippen molar-refractivity contribution in [3.63, 3.8) is 0 Å². The first-order chi connectivity index (χ1) is 7.66. The zero-order chi connectivity index (χ0) is 11.5. The zero-order valence-electron chi connectivity index (χ0n) is 9.10. The summed E-state index contributed by atoms with van der Waals surface area (Å²) in [6.45, 7) is 2.00. The van der Waals surface area contributed by atoms with Crippen molar-refractivity contribution in [1.29, 1.82) is 0 Å². The highest BCUT2D eigenvalue weighted by Gasteiger charge is 2.02. The molecule has 2 aromatic rings. The Hall–Kier alpha value is -2.16. The van der Waals surface area contributed by atoms with Gasteiger partial charge in [0, 0.05) is 6.07 Å². The molecule has 0 unspecified atom stereocenters. The molecule has 0 saturated carbocycles. The van der Waals surface area contributed by atoms with Crippen molar-refractivity contribution in [2.75, 3.05) is 11.5 Å². The summed E-state index contributed by atoms with van der Waals surface area (Å²) in [4.78, 5) is 0. The molecule has 0 heterocycles. The van der Waals surface area contributed by atoms with Gasteiger partial charge in [-0.05, 0) is 30.7 Å². The molecule has 0 spiro atoms. The summed E-state index contributed by atoms with van der Waals surface area (Å²) in [5, 5.41) is 0. The maximum atomic E-state index is 5.71. The van der Waals surface area contributed by atoms with Crippen molar-refractivity contribution in [3.8, 4) is 11.5 Å². The average molecular weight is 214 g/mol. The lowest BCUT2D eigenvalue weighted by Crippen LogP contribution is -1.95. The first kappa shape index (κ1) is 10.4. The summed E-state index contributed by atoms with van der Waals surface area (Å²) in [5.74, 6) is 1.52. The van der Waals surface area contributed by atoms with Crippen molar-refractivity contribution < 1.29 is 4.74 Å². The minimum atomic E-state index is 0.533. The number of benzene rings is 2. The second-order valence-electron chi connectivity index (χ2n) is 3.66. The van der Waals surface area contributed by atoms with Crippen LogP contribution in [-0.2, 0) is 0 Å². The molecule has 0 amide bonds. The summed E-state index contributed by atoms with van der Waals surface area (Å²) in [6.07, 6.45) is 0. The summed E-state index contributed by atoms with van der Waals surface area (Å²) < 4.78 is 5.71. The smallest absolute Gasteiger partial charge is 0.130 e. The highest BCUT2D eigenvalue weighted by Crippen LogP contribution is 2.28. The minimum absolute atomic E-state index is 0.533. The monoisotopic (exact) mass is 214 g/mol. The Bertz CT molecular complexity index is 509. The predicted molar refractivity (Wildman–Crippen MR) is 66.5 cm³/mol. The highest BCUT2D eigenvalue weighted by atomic mass is 16.5. The van der Waals surface area contributed by atoms with Gasteiger partial charge in [0.15, 0.2) is 0 Å². The van der Waals surface area contributed by atoms with E-state index in [1.807, 2.05) is 31.2 Å². The van der Waals surface area contributed by atoms with E-state index in [4.69, 9.17) is 16.2 Å². The van der Waals surface area contributed by atoms with E-state index in [1.165, 1.54) is 0 Å². The van der Waals surface area contributed by atoms with Gasteiger partial charge in [-0.3, -0.25) is 0 Å². The van der Waals surface area contributed by atoms with Crippen LogP contribution in [-0.4, -0.2) is 0 Å². The lowest BCUT2D eigenvalue weighted by atomic mass is 10.2. The summed E-state index contributed by atoms with van der Waals surface area (Å²) >= 11 is 0. The Morgan fingerprint density at radius 2 is 1.69 bits per heavy atom. The van der Waals surface area contributed by atoms with Gasteiger partial charge in [0.25, 0.3) is 0 Å². The third-order valence-electron chi connectivity index (χ3n) is 2.38. The van der Waals surface area contributed by atoms with Crippen LogP contribution in [0.2, 0.25) is 0 Å². The molecule has 0 aliphatic heterocycles. The Labute approximate surface area is 94.6 Å². The third kappa shape index (κ3) is 2.08. The summed E-state index contributed by atoms with van der Waals surface area (Å²) in [6, 6.07) is 13.1. The standard InChI is InChI=1S/C13H14N2O/c1-9-4-2-3-5-13(9)16-10-6-7-11(14)12(15)8-10/h2-8H,14-15H2,1H3. The molecule has 2 rings (SSSR count). The molecule has 0 bridgehead atoms. The van der Waals surface area contributed by atoms with Crippen LogP contribution in [0.4, 0.5) is 11.4 Å². The number of anilines is 2. The van der Waals surface area contributed by atoms with E-state index in [-0.39, 0.29) is 0 Å². The number of nitrogen functional groups attached to an aromatic ring is 2. The second kappa shape index (κ2) is 4.14. The van der Waals surface area contributed by atoms with Gasteiger partial charge in [-0.1, -0.05) is 18.2 Å². The molecule has 0 aliphatic rings. The largest absolute Gasteiger partial charge is 0.457 e. The highest BCUT2D eigenvalue weighted by molar-refractivity contribution is 5.65. The number of para-hydroxylation sites is 1. The van der Waals surface area contributed by atoms with E-state index in [0.29, 0.717) is 17.1 Å². The molecule has 3 heteroatoms. The molecule has 16 heavy (non-hydrogen) atoms. The van der Waals surface area contributed by atoms with Crippen molar-refractivity contribution in [2.24, 2.45) is 0 Å². The van der Waals surface area contributed by atoms with E-state index in [9.17, 15) is 0 Å². The van der Waals surface area contributed by atoms with Crippen molar-refractivity contribution >= 4 is 11.4 Å². The van der Waals surface area contributed by atoms with Crippen molar-refractivity contribution in [1.82, 2.24) is 0 Å². The molecule has 82 valence electrons. The summed E-state index contributed by atoms with van der Waals surface area (Å²) in [7, 11) is 0. The maximum absolute atomic E-state index is 5.71. The van der Waals surface area contributed by atoms with Crippen LogP contribution in [0.1, 0.15) is 5.56 Å². The molecule has 0 aromatic heterocycles. The molecule has 0 saturated heterocycles. The molecule has 0 fully saturated rings. The van der Waals surface area contributed by atoms with Gasteiger partial charge >= 0.3 is 0 Å². The van der Waals surface area contributed by atoms with Crippen LogP contribution in [0.5, 0.6) is 11.5 Å². The second-order valence-corrected chi connectivity index (χ2v) is 3.66. The topological polar surface area (TPSA) is 61.3 Å². The van der Waals surface area contributed by atoms with Gasteiger partial charge in [0.2, 0.25) is 0 Å². The molecule has 0 aliphatic carbocycles. The number of nitrogens with two attached hydrogens (primary N) is 2. The SMILES string of the molecule is Cc1ccccc1Oc1ccc(N)c(N)c1. The maximum Gasteiger partial charge on any atom is 0.130 e. The summed E-state index contributed by atoms with van der Waals surface area (Å²) in [5.41, 5.74) is 13.5. The molecular weight excluding hydrogens is 200 g/mol. The number of hydrogen-bond acceptors (Lipinski definition) is 3. The average Bonchev–Trinajstić information content (AvgIpc) is 2.27. The van der Waals surface area contributed by atoms with E-state index in [2.05, 4.69) is 0 Å². The zero-order valence-corrected chi connectivity index (χ0v) is 9.10. The lowest BCUT2D eigenvalue weighted by Gasteiger charge is -2.09. The van der Waals surface area contributed by atoms with Gasteiger partial charge in [-0.15, -0.1) is 0 Å². The van der Waals surface area contributed by atoms with Crippen LogP contribution >= 0.6 is 0 Å². The fraction of sp³-hybridized carbons (Fsp3) is 0.0769. The molecule has 2 aromatic carbocycles. The van der Waals surface area contributed by atoms with E-state index < -0.39 is 0 Å². The van der Waals surface area contributed by atoms with E-state index >= 15 is 0 Å². The van der Waals surface area contributed by atoms with Crippen LogP contribution in [0.25, 0.3) is 0 Å². The van der Waals surface area contributed by atoms with Gasteiger partial charge in [-0.2, -0.15) is 0 Å². The minimum Gasteiger partial charge on any atom is -0.457 e. The Balaban J connectivity index is 2.28. The van der Waals surface area contributed by atoms with Gasteiger partial charge < -0.3 is 16.2 Å². The Morgan fingerprint density at radius 1 is 0.938 bits per heavy atom. The lowest BCUT2D eigenvalue weighted by molar-refractivity contribution is 0.479.